The molecular formula is C22H29ClN4O4S. The molecule has 1 aromatic carbocycles. The fourth-order valence-electron chi connectivity index (χ4n) is 3.92. The molecule has 1 aromatic heterocycles. The van der Waals surface area contributed by atoms with Gasteiger partial charge in [-0.2, -0.15) is 4.31 Å². The van der Waals surface area contributed by atoms with Crippen LogP contribution in [0.2, 0.25) is 5.02 Å². The van der Waals surface area contributed by atoms with Gasteiger partial charge in [0.25, 0.3) is 0 Å². The Morgan fingerprint density at radius 3 is 2.31 bits per heavy atom. The number of halogens is 1. The number of anilines is 1. The molecule has 0 aliphatic carbocycles. The Morgan fingerprint density at radius 1 is 1.12 bits per heavy atom. The predicted molar refractivity (Wildman–Crippen MR) is 124 cm³/mol. The van der Waals surface area contributed by atoms with Crippen molar-refractivity contribution in [2.45, 2.75) is 24.8 Å². The van der Waals surface area contributed by atoms with Crippen molar-refractivity contribution in [3.63, 3.8) is 0 Å². The van der Waals surface area contributed by atoms with Gasteiger partial charge in [0.2, 0.25) is 10.0 Å². The van der Waals surface area contributed by atoms with Crippen molar-refractivity contribution >= 4 is 33.4 Å². The minimum absolute atomic E-state index is 0.188. The highest BCUT2D eigenvalue weighted by Crippen LogP contribution is 2.30. The maximum absolute atomic E-state index is 12.7. The molecule has 0 saturated carbocycles. The minimum atomic E-state index is -3.54. The maximum Gasteiger partial charge on any atom is 0.327 e. The average molecular weight is 481 g/mol. The zero-order valence-corrected chi connectivity index (χ0v) is 20.1. The first-order chi connectivity index (χ1) is 15.3. The number of pyridine rings is 1. The first-order valence-corrected chi connectivity index (χ1v) is 12.4. The predicted octanol–water partition coefficient (Wildman–Crippen LogP) is 2.80. The van der Waals surface area contributed by atoms with E-state index in [1.807, 2.05) is 36.9 Å². The van der Waals surface area contributed by atoms with E-state index in [0.29, 0.717) is 50.1 Å². The lowest BCUT2D eigenvalue weighted by Crippen LogP contribution is -2.49. The molecule has 1 fully saturated rings. The van der Waals surface area contributed by atoms with Gasteiger partial charge in [-0.15, -0.1) is 0 Å². The summed E-state index contributed by atoms with van der Waals surface area (Å²) in [7, 11) is -2.16. The van der Waals surface area contributed by atoms with Crippen LogP contribution >= 0.6 is 11.6 Å². The number of sulfonamides is 1. The summed E-state index contributed by atoms with van der Waals surface area (Å²) < 4.78 is 31.8. The summed E-state index contributed by atoms with van der Waals surface area (Å²) >= 11 is 6.35. The molecule has 0 unspecified atom stereocenters. The van der Waals surface area contributed by atoms with Crippen LogP contribution in [0.15, 0.2) is 47.5 Å². The van der Waals surface area contributed by atoms with Gasteiger partial charge in [0.15, 0.2) is 0 Å². The van der Waals surface area contributed by atoms with Gasteiger partial charge in [0.05, 0.1) is 7.11 Å². The van der Waals surface area contributed by atoms with E-state index in [2.05, 4.69) is 9.88 Å². The molecule has 3 rings (SSSR count). The van der Waals surface area contributed by atoms with Crippen molar-refractivity contribution in [3.05, 3.63) is 53.2 Å². The van der Waals surface area contributed by atoms with Gasteiger partial charge in [0, 0.05) is 50.5 Å². The summed E-state index contributed by atoms with van der Waals surface area (Å²) in [6, 6.07) is 10.0. The van der Waals surface area contributed by atoms with Crippen molar-refractivity contribution < 1.29 is 17.9 Å². The van der Waals surface area contributed by atoms with E-state index in [9.17, 15) is 13.2 Å². The van der Waals surface area contributed by atoms with E-state index in [0.717, 1.165) is 5.56 Å². The fourth-order valence-corrected chi connectivity index (χ4v) is 5.56. The van der Waals surface area contributed by atoms with Gasteiger partial charge in [-0.3, -0.25) is 4.90 Å². The Bertz CT molecular complexity index is 1020. The molecule has 1 saturated heterocycles. The number of piperazine rings is 1. The highest BCUT2D eigenvalue weighted by Gasteiger charge is 2.33. The number of rotatable bonds is 8. The van der Waals surface area contributed by atoms with Gasteiger partial charge < -0.3 is 9.64 Å². The maximum atomic E-state index is 12.7. The van der Waals surface area contributed by atoms with E-state index < -0.39 is 16.1 Å². The topological polar surface area (TPSA) is 83.1 Å². The van der Waals surface area contributed by atoms with Crippen LogP contribution in [0.5, 0.6) is 0 Å². The molecule has 2 heterocycles. The second kappa shape index (κ2) is 10.6. The minimum Gasteiger partial charge on any atom is -0.468 e. The van der Waals surface area contributed by atoms with Crippen molar-refractivity contribution in [1.82, 2.24) is 14.2 Å². The SMILES string of the molecule is CCN(CC)S(=O)(=O)c1ccc(N2CCN([C@H](C(=O)OC)c3ccccc3Cl)CC2)nc1. The zero-order valence-electron chi connectivity index (χ0n) is 18.6. The second-order valence-corrected chi connectivity index (χ2v) is 9.76. The van der Waals surface area contributed by atoms with E-state index in [1.54, 1.807) is 18.2 Å². The number of ether oxygens (including phenoxy) is 1. The molecular weight excluding hydrogens is 452 g/mol. The lowest BCUT2D eigenvalue weighted by molar-refractivity contribution is -0.147. The largest absolute Gasteiger partial charge is 0.468 e. The molecule has 0 amide bonds. The molecule has 10 heteroatoms. The average Bonchev–Trinajstić information content (AvgIpc) is 2.81. The Morgan fingerprint density at radius 2 is 1.78 bits per heavy atom. The van der Waals surface area contributed by atoms with Crippen LogP contribution in [0, 0.1) is 0 Å². The third-order valence-corrected chi connectivity index (χ3v) is 8.07. The van der Waals surface area contributed by atoms with Crippen LogP contribution in [-0.2, 0) is 19.6 Å². The van der Waals surface area contributed by atoms with Gasteiger partial charge in [-0.05, 0) is 23.8 Å². The van der Waals surface area contributed by atoms with Crippen LogP contribution in [0.1, 0.15) is 25.5 Å². The van der Waals surface area contributed by atoms with E-state index in [-0.39, 0.29) is 10.9 Å². The zero-order chi connectivity index (χ0) is 23.3. The molecule has 1 atom stereocenters. The van der Waals surface area contributed by atoms with Crippen LogP contribution in [0.25, 0.3) is 0 Å². The van der Waals surface area contributed by atoms with Gasteiger partial charge in [-0.25, -0.2) is 18.2 Å². The van der Waals surface area contributed by atoms with Crippen LogP contribution < -0.4 is 4.90 Å². The van der Waals surface area contributed by atoms with Crippen molar-refractivity contribution in [3.8, 4) is 0 Å². The van der Waals surface area contributed by atoms with Gasteiger partial charge in [0.1, 0.15) is 16.8 Å². The summed E-state index contributed by atoms with van der Waals surface area (Å²) in [6.45, 7) is 6.92. The van der Waals surface area contributed by atoms with Crippen molar-refractivity contribution in [2.24, 2.45) is 0 Å². The van der Waals surface area contributed by atoms with E-state index in [4.69, 9.17) is 16.3 Å². The lowest BCUT2D eigenvalue weighted by Gasteiger charge is -2.39. The Balaban J connectivity index is 1.72. The number of aromatic nitrogens is 1. The summed E-state index contributed by atoms with van der Waals surface area (Å²) in [5, 5.41) is 0.525. The summed E-state index contributed by atoms with van der Waals surface area (Å²) in [6.07, 6.45) is 1.41. The molecule has 0 radical (unpaired) electrons. The molecule has 32 heavy (non-hydrogen) atoms. The van der Waals surface area contributed by atoms with Crippen LogP contribution in [0.3, 0.4) is 0 Å². The second-order valence-electron chi connectivity index (χ2n) is 7.41. The summed E-state index contributed by atoms with van der Waals surface area (Å²) in [5.74, 6) is 0.353. The molecule has 1 aliphatic heterocycles. The van der Waals surface area contributed by atoms with E-state index in [1.165, 1.54) is 17.6 Å². The number of hydrogen-bond donors (Lipinski definition) is 0. The number of carbonyl (C=O) groups excluding carboxylic acids is 1. The molecule has 8 nitrogen and oxygen atoms in total. The number of carbonyl (C=O) groups is 1. The molecule has 1 aliphatic rings. The van der Waals surface area contributed by atoms with Gasteiger partial charge >= 0.3 is 5.97 Å². The van der Waals surface area contributed by atoms with E-state index >= 15 is 0 Å². The smallest absolute Gasteiger partial charge is 0.327 e. The van der Waals surface area contributed by atoms with Crippen LogP contribution in [-0.4, -0.2) is 75.0 Å². The van der Waals surface area contributed by atoms with Crippen LogP contribution in [0.4, 0.5) is 5.82 Å². The van der Waals surface area contributed by atoms with Crippen molar-refractivity contribution in [2.75, 3.05) is 51.3 Å². The fraction of sp³-hybridized carbons (Fsp3) is 0.455. The Labute approximate surface area is 194 Å². The first-order valence-electron chi connectivity index (χ1n) is 10.6. The Kier molecular flexibility index (Phi) is 8.10. The lowest BCUT2D eigenvalue weighted by atomic mass is 10.0. The standard InChI is InChI=1S/C22H29ClN4O4S/c1-4-27(5-2)32(29,30)17-10-11-20(24-16-17)25-12-14-26(15-13-25)21(22(28)31-3)18-8-6-7-9-19(18)23/h6-11,16,21H,4-5,12-15H2,1-3H3/t21-/m0/s1. The number of benzene rings is 1. The highest BCUT2D eigenvalue weighted by molar-refractivity contribution is 7.89. The third kappa shape index (κ3) is 5.06. The highest BCUT2D eigenvalue weighted by atomic mass is 35.5. The third-order valence-electron chi connectivity index (χ3n) is 5.69. The monoisotopic (exact) mass is 480 g/mol. The summed E-state index contributed by atoms with van der Waals surface area (Å²) in [4.78, 5) is 21.3. The van der Waals surface area contributed by atoms with Crippen molar-refractivity contribution in [1.29, 1.82) is 0 Å². The quantitative estimate of drug-likeness (QED) is 0.537. The molecule has 2 aromatic rings. The normalized spacial score (nSPS) is 16.2. The summed E-state index contributed by atoms with van der Waals surface area (Å²) in [5.41, 5.74) is 0.721. The number of nitrogens with zero attached hydrogens (tertiary/aromatic N) is 4. The molecule has 0 N–H and O–H groups in total. The molecule has 0 spiro atoms. The Hall–Kier alpha value is -2.20. The van der Waals surface area contributed by atoms with Gasteiger partial charge in [-0.1, -0.05) is 43.6 Å². The molecule has 0 bridgehead atoms. The first kappa shape index (κ1) is 24.4. The number of esters is 1. The number of methoxy groups -OCH3 is 1. The number of hydrogen-bond acceptors (Lipinski definition) is 7. The molecule has 174 valence electrons.